The standard InChI is InChI=1S/C22H21Br2N3O4/c1-3-4-5-20-26-18-8-7-15(23)11-16(18)22(29)27(20)25-12-14-6-9-19(17(24)10-14)31-13-21(28)30-2/h6-12H,3-5,13H2,1-2H3. The molecular formula is C22H21Br2N3O4. The van der Waals surface area contributed by atoms with Gasteiger partial charge >= 0.3 is 5.97 Å². The average Bonchev–Trinajstić information content (AvgIpc) is 2.76. The summed E-state index contributed by atoms with van der Waals surface area (Å²) in [6.07, 6.45) is 4.13. The fourth-order valence-electron chi connectivity index (χ4n) is 2.84. The van der Waals surface area contributed by atoms with E-state index in [0.29, 0.717) is 33.4 Å². The van der Waals surface area contributed by atoms with Gasteiger partial charge in [0, 0.05) is 10.9 Å². The molecule has 9 heteroatoms. The van der Waals surface area contributed by atoms with Crippen LogP contribution in [0.25, 0.3) is 10.9 Å². The number of hydrogen-bond donors (Lipinski definition) is 0. The van der Waals surface area contributed by atoms with Crippen molar-refractivity contribution in [3.8, 4) is 5.75 Å². The minimum absolute atomic E-state index is 0.183. The largest absolute Gasteiger partial charge is 0.481 e. The maximum absolute atomic E-state index is 13.1. The van der Waals surface area contributed by atoms with Crippen molar-refractivity contribution in [3.63, 3.8) is 0 Å². The molecule has 1 aromatic heterocycles. The van der Waals surface area contributed by atoms with Crippen LogP contribution in [0.3, 0.4) is 0 Å². The molecule has 0 bridgehead atoms. The zero-order valence-corrected chi connectivity index (χ0v) is 20.3. The number of unbranched alkanes of at least 4 members (excludes halogenated alkanes) is 1. The van der Waals surface area contributed by atoms with Crippen molar-refractivity contribution in [1.82, 2.24) is 9.66 Å². The predicted octanol–water partition coefficient (Wildman–Crippen LogP) is 4.70. The minimum Gasteiger partial charge on any atom is -0.481 e. The SMILES string of the molecule is CCCCc1nc2ccc(Br)cc2c(=O)n1N=Cc1ccc(OCC(=O)OC)c(Br)c1. The molecule has 0 unspecified atom stereocenters. The molecule has 2 aromatic carbocycles. The fourth-order valence-corrected chi connectivity index (χ4v) is 3.72. The molecule has 0 N–H and O–H groups in total. The number of aryl methyl sites for hydroxylation is 1. The number of fused-ring (bicyclic) bond motifs is 1. The van der Waals surface area contributed by atoms with E-state index in [4.69, 9.17) is 4.74 Å². The third-order valence-corrected chi connectivity index (χ3v) is 5.59. The third-order valence-electron chi connectivity index (χ3n) is 4.48. The Bertz CT molecular complexity index is 1190. The van der Waals surface area contributed by atoms with E-state index in [1.54, 1.807) is 30.5 Å². The number of rotatable bonds is 8. The summed E-state index contributed by atoms with van der Waals surface area (Å²) in [5.41, 5.74) is 1.19. The number of esters is 1. The van der Waals surface area contributed by atoms with Crippen LogP contribution in [-0.2, 0) is 16.0 Å². The number of hydrogen-bond acceptors (Lipinski definition) is 6. The number of ether oxygens (including phenoxy) is 2. The molecule has 0 saturated heterocycles. The Kier molecular flexibility index (Phi) is 7.97. The summed E-state index contributed by atoms with van der Waals surface area (Å²) in [5.74, 6) is 0.655. The van der Waals surface area contributed by atoms with Crippen LogP contribution in [0.4, 0.5) is 0 Å². The van der Waals surface area contributed by atoms with Crippen LogP contribution < -0.4 is 10.3 Å². The van der Waals surface area contributed by atoms with E-state index >= 15 is 0 Å². The Balaban J connectivity index is 1.94. The zero-order chi connectivity index (χ0) is 22.4. The number of benzene rings is 2. The summed E-state index contributed by atoms with van der Waals surface area (Å²) in [6.45, 7) is 1.91. The van der Waals surface area contributed by atoms with Crippen LogP contribution in [0.2, 0.25) is 0 Å². The van der Waals surface area contributed by atoms with Crippen molar-refractivity contribution in [1.29, 1.82) is 0 Å². The highest BCUT2D eigenvalue weighted by Crippen LogP contribution is 2.25. The van der Waals surface area contributed by atoms with E-state index in [1.165, 1.54) is 11.8 Å². The Labute approximate surface area is 196 Å². The first-order valence-electron chi connectivity index (χ1n) is 9.67. The van der Waals surface area contributed by atoms with Crippen molar-refractivity contribution >= 4 is 54.9 Å². The van der Waals surface area contributed by atoms with Crippen LogP contribution in [0.1, 0.15) is 31.2 Å². The molecule has 31 heavy (non-hydrogen) atoms. The first kappa shape index (κ1) is 23.1. The molecule has 0 radical (unpaired) electrons. The molecule has 0 spiro atoms. The van der Waals surface area contributed by atoms with Gasteiger partial charge in [-0.1, -0.05) is 29.3 Å². The lowest BCUT2D eigenvalue weighted by Gasteiger charge is -2.10. The van der Waals surface area contributed by atoms with Gasteiger partial charge < -0.3 is 9.47 Å². The van der Waals surface area contributed by atoms with Crippen molar-refractivity contribution < 1.29 is 14.3 Å². The Morgan fingerprint density at radius 2 is 2.03 bits per heavy atom. The molecule has 3 aromatic rings. The molecular weight excluding hydrogens is 530 g/mol. The summed E-state index contributed by atoms with van der Waals surface area (Å²) < 4.78 is 12.8. The summed E-state index contributed by atoms with van der Waals surface area (Å²) in [5, 5.41) is 4.93. The maximum Gasteiger partial charge on any atom is 0.343 e. The minimum atomic E-state index is -0.466. The van der Waals surface area contributed by atoms with E-state index in [2.05, 4.69) is 53.6 Å². The molecule has 1 heterocycles. The van der Waals surface area contributed by atoms with Gasteiger partial charge in [0.05, 0.1) is 28.7 Å². The first-order chi connectivity index (χ1) is 14.9. The summed E-state index contributed by atoms with van der Waals surface area (Å²) in [7, 11) is 1.30. The Morgan fingerprint density at radius 1 is 1.23 bits per heavy atom. The number of halogens is 2. The predicted molar refractivity (Wildman–Crippen MR) is 127 cm³/mol. The number of aromatic nitrogens is 2. The zero-order valence-electron chi connectivity index (χ0n) is 17.1. The summed E-state index contributed by atoms with van der Waals surface area (Å²) >= 11 is 6.83. The lowest BCUT2D eigenvalue weighted by molar-refractivity contribution is -0.142. The molecule has 3 rings (SSSR count). The van der Waals surface area contributed by atoms with E-state index < -0.39 is 5.97 Å². The molecule has 162 valence electrons. The topological polar surface area (TPSA) is 82.8 Å². The summed E-state index contributed by atoms with van der Waals surface area (Å²) in [4.78, 5) is 29.0. The lowest BCUT2D eigenvalue weighted by atomic mass is 10.2. The van der Waals surface area contributed by atoms with Gasteiger partial charge in [0.1, 0.15) is 11.6 Å². The Morgan fingerprint density at radius 3 is 2.74 bits per heavy atom. The molecule has 0 amide bonds. The average molecular weight is 551 g/mol. The van der Waals surface area contributed by atoms with Gasteiger partial charge in [0.15, 0.2) is 6.61 Å². The highest BCUT2D eigenvalue weighted by molar-refractivity contribution is 9.10. The monoisotopic (exact) mass is 549 g/mol. The van der Waals surface area contributed by atoms with Crippen molar-refractivity contribution in [2.75, 3.05) is 13.7 Å². The lowest BCUT2D eigenvalue weighted by Crippen LogP contribution is -2.22. The third kappa shape index (κ3) is 5.80. The molecule has 0 aliphatic rings. The smallest absolute Gasteiger partial charge is 0.343 e. The quantitative estimate of drug-likeness (QED) is 0.300. The Hall–Kier alpha value is -2.52. The van der Waals surface area contributed by atoms with Gasteiger partial charge in [-0.25, -0.2) is 9.78 Å². The van der Waals surface area contributed by atoms with Gasteiger partial charge in [-0.15, -0.1) is 0 Å². The van der Waals surface area contributed by atoms with Crippen molar-refractivity contribution in [2.45, 2.75) is 26.2 Å². The van der Waals surface area contributed by atoms with Crippen molar-refractivity contribution in [2.24, 2.45) is 5.10 Å². The second-order valence-electron chi connectivity index (χ2n) is 6.71. The van der Waals surface area contributed by atoms with Gasteiger partial charge in [-0.05, 0) is 64.3 Å². The second-order valence-corrected chi connectivity index (χ2v) is 8.48. The van der Waals surface area contributed by atoms with Gasteiger partial charge in [0.25, 0.3) is 5.56 Å². The van der Waals surface area contributed by atoms with E-state index in [9.17, 15) is 9.59 Å². The molecule has 0 saturated carbocycles. The van der Waals surface area contributed by atoms with E-state index in [0.717, 1.165) is 22.9 Å². The number of methoxy groups -OCH3 is 1. The first-order valence-corrected chi connectivity index (χ1v) is 11.3. The molecule has 0 fully saturated rings. The van der Waals surface area contributed by atoms with E-state index in [1.807, 2.05) is 12.1 Å². The van der Waals surface area contributed by atoms with E-state index in [-0.39, 0.29) is 12.2 Å². The molecule has 0 aliphatic heterocycles. The van der Waals surface area contributed by atoms with Crippen LogP contribution >= 0.6 is 31.9 Å². The second kappa shape index (κ2) is 10.7. The van der Waals surface area contributed by atoms with Crippen LogP contribution in [-0.4, -0.2) is 35.6 Å². The van der Waals surface area contributed by atoms with Crippen molar-refractivity contribution in [3.05, 3.63) is 67.1 Å². The van der Waals surface area contributed by atoms with Gasteiger partial charge in [-0.2, -0.15) is 9.78 Å². The van der Waals surface area contributed by atoms with Crippen LogP contribution in [0, 0.1) is 0 Å². The molecule has 0 atom stereocenters. The van der Waals surface area contributed by atoms with Gasteiger partial charge in [-0.3, -0.25) is 4.79 Å². The number of nitrogens with zero attached hydrogens (tertiary/aromatic N) is 3. The van der Waals surface area contributed by atoms with Crippen LogP contribution in [0.5, 0.6) is 5.75 Å². The number of carbonyl (C=O) groups excluding carboxylic acids is 1. The van der Waals surface area contributed by atoms with Crippen LogP contribution in [0.15, 0.2) is 55.2 Å². The maximum atomic E-state index is 13.1. The highest BCUT2D eigenvalue weighted by atomic mass is 79.9. The summed E-state index contributed by atoms with van der Waals surface area (Å²) in [6, 6.07) is 10.7. The highest BCUT2D eigenvalue weighted by Gasteiger charge is 2.11. The molecule has 0 aliphatic carbocycles. The molecule has 7 nitrogen and oxygen atoms in total. The number of carbonyl (C=O) groups is 1. The van der Waals surface area contributed by atoms with Gasteiger partial charge in [0.2, 0.25) is 0 Å². The normalized spacial score (nSPS) is 11.2. The fraction of sp³-hybridized carbons (Fsp3) is 0.273.